The first-order chi connectivity index (χ1) is 20.6. The van der Waals surface area contributed by atoms with Crippen LogP contribution in [0.4, 0.5) is 0 Å². The molecule has 43 heavy (non-hydrogen) atoms. The van der Waals surface area contributed by atoms with Gasteiger partial charge in [0.1, 0.15) is 5.70 Å². The Labute approximate surface area is 270 Å². The molecule has 0 radical (unpaired) electrons. The molecule has 0 aliphatic heterocycles. The molecular formula is C36H63ClN4O2. The monoisotopic (exact) mass is 618 g/mol. The van der Waals surface area contributed by atoms with E-state index >= 15 is 0 Å². The largest absolute Gasteiger partial charge is 0.348 e. The molecule has 0 aromatic heterocycles. The standard InChI is InChI=1S/C25H43N3O.C9H14ClNO.C2H6/c1-7-21(6)27(10-4)20-19-22(8-2)26-25(29)24(9-3)28(11-5)23-17-15-13-12-14-16-18-23;1-4-9(11-8(3)12)6-5-7(2)10;1-2/h9,12-15,17,21-22H,7-8,10-11,16,18-20H2,1-6H3,(H,26,29);5-6H,4H2,1-3H3,(H,11,12);1-2H3/b14-12?,15-13-,23-17+,24-9-;7-5+,9-6+;. The normalized spacial score (nSPS) is 17.0. The van der Waals surface area contributed by atoms with Crippen LogP contribution in [0.15, 0.2) is 70.7 Å². The minimum atomic E-state index is -0.0521. The van der Waals surface area contributed by atoms with Crippen LogP contribution in [0, 0.1) is 0 Å². The molecule has 0 heterocycles. The molecule has 0 fully saturated rings. The summed E-state index contributed by atoms with van der Waals surface area (Å²) in [6.07, 6.45) is 21.8. The van der Waals surface area contributed by atoms with Crippen molar-refractivity contribution in [1.29, 1.82) is 0 Å². The number of halogens is 1. The highest BCUT2D eigenvalue weighted by Crippen LogP contribution is 2.20. The van der Waals surface area contributed by atoms with E-state index in [4.69, 9.17) is 11.6 Å². The van der Waals surface area contributed by atoms with Gasteiger partial charge in [0.25, 0.3) is 5.91 Å². The van der Waals surface area contributed by atoms with Gasteiger partial charge in [0.2, 0.25) is 5.91 Å². The number of hydrogen-bond acceptors (Lipinski definition) is 4. The van der Waals surface area contributed by atoms with Crippen molar-refractivity contribution in [3.8, 4) is 0 Å². The predicted molar refractivity (Wildman–Crippen MR) is 189 cm³/mol. The van der Waals surface area contributed by atoms with Gasteiger partial charge in [-0.15, -0.1) is 0 Å². The van der Waals surface area contributed by atoms with E-state index < -0.39 is 0 Å². The molecule has 1 rings (SSSR count). The van der Waals surface area contributed by atoms with Gasteiger partial charge in [-0.3, -0.25) is 9.59 Å². The fraction of sp³-hybridized carbons (Fsp3) is 0.611. The molecule has 6 nitrogen and oxygen atoms in total. The molecule has 2 unspecified atom stereocenters. The third kappa shape index (κ3) is 19.4. The lowest BCUT2D eigenvalue weighted by Gasteiger charge is -2.31. The second-order valence-electron chi connectivity index (χ2n) is 10.2. The molecule has 0 bridgehead atoms. The number of nitrogens with zero attached hydrogens (tertiary/aromatic N) is 2. The van der Waals surface area contributed by atoms with Crippen molar-refractivity contribution in [3.63, 3.8) is 0 Å². The molecular weight excluding hydrogens is 556 g/mol. The van der Waals surface area contributed by atoms with Crippen LogP contribution in [0.5, 0.6) is 0 Å². The average molecular weight is 619 g/mol. The van der Waals surface area contributed by atoms with Gasteiger partial charge in [-0.25, -0.2) is 0 Å². The highest BCUT2D eigenvalue weighted by molar-refractivity contribution is 6.29. The SMILES string of the molecule is C/C=C(/C(=O)NC(CC)CCN(CC)C(C)CC)N(CC)/C1=C/C=C\C=CCC1.CC.CC/C(=C\C=C(/C)Cl)NC(C)=O. The van der Waals surface area contributed by atoms with E-state index in [1.165, 1.54) is 12.6 Å². The van der Waals surface area contributed by atoms with Gasteiger partial charge in [0, 0.05) is 48.5 Å². The van der Waals surface area contributed by atoms with Crippen molar-refractivity contribution >= 4 is 23.4 Å². The maximum atomic E-state index is 13.2. The van der Waals surface area contributed by atoms with E-state index in [2.05, 4.69) is 79.4 Å². The third-order valence-corrected chi connectivity index (χ3v) is 7.24. The summed E-state index contributed by atoms with van der Waals surface area (Å²) in [7, 11) is 0. The minimum absolute atomic E-state index is 0.0373. The zero-order chi connectivity index (χ0) is 33.2. The molecule has 7 heteroatoms. The van der Waals surface area contributed by atoms with Gasteiger partial charge < -0.3 is 20.4 Å². The Morgan fingerprint density at radius 1 is 1.00 bits per heavy atom. The van der Waals surface area contributed by atoms with E-state index in [0.717, 1.165) is 69.6 Å². The molecule has 0 aromatic rings. The van der Waals surface area contributed by atoms with Gasteiger partial charge in [-0.05, 0) is 91.0 Å². The fourth-order valence-electron chi connectivity index (χ4n) is 4.48. The van der Waals surface area contributed by atoms with Crippen LogP contribution in [0.3, 0.4) is 0 Å². The van der Waals surface area contributed by atoms with Crippen LogP contribution in [-0.2, 0) is 9.59 Å². The van der Waals surface area contributed by atoms with Gasteiger partial charge >= 0.3 is 0 Å². The van der Waals surface area contributed by atoms with Gasteiger partial charge in [0.05, 0.1) is 0 Å². The Hall–Kier alpha value is -2.57. The molecule has 2 amide bonds. The summed E-state index contributed by atoms with van der Waals surface area (Å²) in [4.78, 5) is 28.5. The highest BCUT2D eigenvalue weighted by Gasteiger charge is 2.21. The first-order valence-corrected chi connectivity index (χ1v) is 16.8. The van der Waals surface area contributed by atoms with Gasteiger partial charge in [0.15, 0.2) is 0 Å². The predicted octanol–water partition coefficient (Wildman–Crippen LogP) is 8.99. The van der Waals surface area contributed by atoms with Crippen molar-refractivity contribution in [2.75, 3.05) is 19.6 Å². The number of allylic oxidation sites excluding steroid dienone is 11. The smallest absolute Gasteiger partial charge is 0.267 e. The van der Waals surface area contributed by atoms with Crippen molar-refractivity contribution < 1.29 is 9.59 Å². The summed E-state index contributed by atoms with van der Waals surface area (Å²) in [6, 6.07) is 0.784. The van der Waals surface area contributed by atoms with Crippen molar-refractivity contribution in [1.82, 2.24) is 20.4 Å². The van der Waals surface area contributed by atoms with Gasteiger partial charge in [-0.2, -0.15) is 0 Å². The van der Waals surface area contributed by atoms with Crippen LogP contribution in [-0.4, -0.2) is 53.3 Å². The topological polar surface area (TPSA) is 64.7 Å². The summed E-state index contributed by atoms with van der Waals surface area (Å²) in [6.45, 7) is 25.1. The minimum Gasteiger partial charge on any atom is -0.348 e. The quantitative estimate of drug-likeness (QED) is 0.142. The van der Waals surface area contributed by atoms with Crippen LogP contribution in [0.1, 0.15) is 115 Å². The molecule has 0 spiro atoms. The molecule has 1 aliphatic carbocycles. The second kappa shape index (κ2) is 27.0. The Bertz CT molecular complexity index is 958. The molecule has 0 aromatic carbocycles. The van der Waals surface area contributed by atoms with E-state index in [-0.39, 0.29) is 17.9 Å². The van der Waals surface area contributed by atoms with E-state index in [9.17, 15) is 9.59 Å². The Morgan fingerprint density at radius 3 is 2.16 bits per heavy atom. The van der Waals surface area contributed by atoms with E-state index in [1.54, 1.807) is 13.0 Å². The highest BCUT2D eigenvalue weighted by atomic mass is 35.5. The van der Waals surface area contributed by atoms with Crippen LogP contribution in [0.25, 0.3) is 0 Å². The lowest BCUT2D eigenvalue weighted by atomic mass is 10.1. The number of hydrogen-bond donors (Lipinski definition) is 2. The van der Waals surface area contributed by atoms with Crippen molar-refractivity contribution in [2.24, 2.45) is 0 Å². The first-order valence-electron chi connectivity index (χ1n) is 16.4. The van der Waals surface area contributed by atoms with E-state index in [0.29, 0.717) is 11.1 Å². The Morgan fingerprint density at radius 2 is 1.67 bits per heavy atom. The van der Waals surface area contributed by atoms with Gasteiger partial charge in [-0.1, -0.05) is 83.5 Å². The van der Waals surface area contributed by atoms with E-state index in [1.807, 2.05) is 45.9 Å². The Balaban J connectivity index is 0. The molecule has 0 saturated carbocycles. The average Bonchev–Trinajstić information content (AvgIpc) is 2.98. The van der Waals surface area contributed by atoms with Crippen LogP contribution in [0.2, 0.25) is 0 Å². The zero-order valence-electron chi connectivity index (χ0n) is 29.2. The van der Waals surface area contributed by atoms with Crippen molar-refractivity contribution in [2.45, 2.75) is 127 Å². The summed E-state index contributed by atoms with van der Waals surface area (Å²) >= 11 is 5.62. The lowest BCUT2D eigenvalue weighted by molar-refractivity contribution is -0.120. The number of likely N-dealkylation sites (N-methyl/N-ethyl adjacent to an activating group) is 1. The number of carbonyl (C=O) groups excluding carboxylic acids is 2. The summed E-state index contributed by atoms with van der Waals surface area (Å²) in [5.74, 6) is -0.0148. The van der Waals surface area contributed by atoms with Crippen LogP contribution < -0.4 is 10.6 Å². The number of rotatable bonds is 15. The maximum absolute atomic E-state index is 13.2. The van der Waals surface area contributed by atoms with Crippen LogP contribution >= 0.6 is 11.6 Å². The molecule has 2 N–H and O–H groups in total. The molecule has 246 valence electrons. The summed E-state index contributed by atoms with van der Waals surface area (Å²) in [5.41, 5.74) is 2.82. The summed E-state index contributed by atoms with van der Waals surface area (Å²) < 4.78 is 0. The number of amides is 2. The zero-order valence-corrected chi connectivity index (χ0v) is 30.0. The fourth-order valence-corrected chi connectivity index (χ4v) is 4.54. The maximum Gasteiger partial charge on any atom is 0.267 e. The molecule has 1 aliphatic rings. The molecule has 0 saturated heterocycles. The Kier molecular flexibility index (Phi) is 26.7. The number of nitrogens with one attached hydrogen (secondary N) is 2. The second-order valence-corrected chi connectivity index (χ2v) is 10.8. The molecule has 2 atom stereocenters. The first kappa shape index (κ1) is 42.6. The number of carbonyl (C=O) groups is 2. The summed E-state index contributed by atoms with van der Waals surface area (Å²) in [5, 5.41) is 6.71. The third-order valence-electron chi connectivity index (χ3n) is 7.12. The van der Waals surface area contributed by atoms with Crippen molar-refractivity contribution in [3.05, 3.63) is 70.7 Å². The lowest BCUT2D eigenvalue weighted by Crippen LogP contribution is -2.42.